The van der Waals surface area contributed by atoms with E-state index < -0.39 is 10.0 Å². The zero-order valence-electron chi connectivity index (χ0n) is 18.3. The van der Waals surface area contributed by atoms with Crippen molar-refractivity contribution in [3.63, 3.8) is 0 Å². The first kappa shape index (κ1) is 26.8. The summed E-state index contributed by atoms with van der Waals surface area (Å²) in [4.78, 5) is -0.0121. The molecule has 3 N–H and O–H groups in total. The van der Waals surface area contributed by atoms with Gasteiger partial charge in [0.1, 0.15) is 10.7 Å². The molecule has 0 saturated heterocycles. The van der Waals surface area contributed by atoms with E-state index in [2.05, 4.69) is 11.3 Å². The molecule has 0 fully saturated rings. The molecule has 2 rings (SSSR count). The van der Waals surface area contributed by atoms with Crippen molar-refractivity contribution in [2.24, 2.45) is 11.7 Å². The normalized spacial score (nSPS) is 13.7. The zero-order valence-corrected chi connectivity index (χ0v) is 20.6. The highest BCUT2D eigenvalue weighted by atomic mass is 35.5. The first-order valence-electron chi connectivity index (χ1n) is 10.7. The van der Waals surface area contributed by atoms with Crippen LogP contribution in [-0.2, 0) is 16.4 Å². The Hall–Kier alpha value is -1.44. The van der Waals surface area contributed by atoms with E-state index in [1.807, 2.05) is 13.0 Å². The summed E-state index contributed by atoms with van der Waals surface area (Å²) in [5.74, 6) is -0.0601. The fourth-order valence-electron chi connectivity index (χ4n) is 3.47. The van der Waals surface area contributed by atoms with E-state index >= 15 is 0 Å². The molecule has 0 radical (unpaired) electrons. The number of halogens is 3. The molecule has 0 aliphatic rings. The van der Waals surface area contributed by atoms with Gasteiger partial charge in [-0.1, -0.05) is 66.9 Å². The summed E-state index contributed by atoms with van der Waals surface area (Å²) >= 11 is 11.9. The topological polar surface area (TPSA) is 72.2 Å². The fourth-order valence-corrected chi connectivity index (χ4v) is 5.40. The van der Waals surface area contributed by atoms with Gasteiger partial charge >= 0.3 is 0 Å². The molecule has 0 aliphatic heterocycles. The zero-order chi connectivity index (χ0) is 23.7. The number of hydrogen-bond acceptors (Lipinski definition) is 3. The van der Waals surface area contributed by atoms with Crippen LogP contribution in [0.2, 0.25) is 10.0 Å². The average molecular weight is 501 g/mol. The van der Waals surface area contributed by atoms with E-state index in [4.69, 9.17) is 28.9 Å². The quantitative estimate of drug-likeness (QED) is 0.256. The molecule has 2 atom stereocenters. The molecule has 32 heavy (non-hydrogen) atoms. The fraction of sp³-hybridized carbons (Fsp3) is 0.417. The molecule has 0 saturated carbocycles. The summed E-state index contributed by atoms with van der Waals surface area (Å²) in [5, 5.41) is 0.456. The van der Waals surface area contributed by atoms with Gasteiger partial charge in [-0.25, -0.2) is 17.5 Å². The smallest absolute Gasteiger partial charge is 0.242 e. The number of hydrogen-bond donors (Lipinski definition) is 2. The van der Waals surface area contributed by atoms with Crippen LogP contribution in [0.25, 0.3) is 0 Å². The Labute approximate surface area is 201 Å². The van der Waals surface area contributed by atoms with Gasteiger partial charge in [-0.2, -0.15) is 0 Å². The minimum absolute atomic E-state index is 0.0121. The standard InChI is InChI=1S/C24H31Cl2FN2O2S/c1-17(13-21(28)14-19-9-5-6-10-23(19)27)7-3-4-8-18(2)16-29-32(30,31)24-15-20(25)11-12-22(24)26/h5-6,9-12,15,18,21,29H,1,3-4,7-8,13-14,16,28H2,2H3/t18-,21-/m0/s1. The molecule has 0 aromatic heterocycles. The molecular weight excluding hydrogens is 470 g/mol. The van der Waals surface area contributed by atoms with Crippen molar-refractivity contribution in [2.45, 2.75) is 56.4 Å². The van der Waals surface area contributed by atoms with Gasteiger partial charge < -0.3 is 5.73 Å². The van der Waals surface area contributed by atoms with Crippen LogP contribution in [0.1, 0.15) is 44.6 Å². The molecule has 0 heterocycles. The predicted octanol–water partition coefficient (Wildman–Crippen LogP) is 6.12. The summed E-state index contributed by atoms with van der Waals surface area (Å²) in [6.45, 7) is 6.42. The second kappa shape index (κ2) is 12.7. The van der Waals surface area contributed by atoms with E-state index in [1.54, 1.807) is 18.2 Å². The minimum Gasteiger partial charge on any atom is -0.327 e. The number of sulfonamides is 1. The van der Waals surface area contributed by atoms with Gasteiger partial charge in [0.15, 0.2) is 0 Å². The Morgan fingerprint density at radius 2 is 1.91 bits per heavy atom. The molecule has 2 aromatic carbocycles. The predicted molar refractivity (Wildman–Crippen MR) is 131 cm³/mol. The van der Waals surface area contributed by atoms with E-state index in [0.29, 0.717) is 30.0 Å². The average Bonchev–Trinajstić information content (AvgIpc) is 2.73. The number of unbranched alkanes of at least 4 members (excludes halogenated alkanes) is 1. The number of benzene rings is 2. The van der Waals surface area contributed by atoms with Crippen molar-refractivity contribution in [1.29, 1.82) is 0 Å². The summed E-state index contributed by atoms with van der Waals surface area (Å²) in [6, 6.07) is 10.9. The highest BCUT2D eigenvalue weighted by molar-refractivity contribution is 7.89. The highest BCUT2D eigenvalue weighted by Crippen LogP contribution is 2.25. The molecule has 0 spiro atoms. The van der Waals surface area contributed by atoms with Crippen LogP contribution in [0.4, 0.5) is 4.39 Å². The van der Waals surface area contributed by atoms with Gasteiger partial charge in [0.2, 0.25) is 10.0 Å². The van der Waals surface area contributed by atoms with Crippen molar-refractivity contribution >= 4 is 33.2 Å². The molecule has 8 heteroatoms. The molecule has 176 valence electrons. The monoisotopic (exact) mass is 500 g/mol. The maximum Gasteiger partial charge on any atom is 0.242 e. The number of rotatable bonds is 13. The van der Waals surface area contributed by atoms with Gasteiger partial charge in [0, 0.05) is 17.6 Å². The molecule has 2 aromatic rings. The van der Waals surface area contributed by atoms with E-state index in [0.717, 1.165) is 31.3 Å². The van der Waals surface area contributed by atoms with Crippen LogP contribution in [0.5, 0.6) is 0 Å². The van der Waals surface area contributed by atoms with Crippen molar-refractivity contribution in [1.82, 2.24) is 4.72 Å². The first-order chi connectivity index (χ1) is 15.1. The van der Waals surface area contributed by atoms with Crippen molar-refractivity contribution in [3.05, 3.63) is 76.0 Å². The third kappa shape index (κ3) is 8.83. The number of nitrogens with one attached hydrogen (secondary N) is 1. The Morgan fingerprint density at radius 3 is 2.62 bits per heavy atom. The number of nitrogens with two attached hydrogens (primary N) is 1. The Morgan fingerprint density at radius 1 is 1.19 bits per heavy atom. The Bertz CT molecular complexity index is 1010. The third-order valence-electron chi connectivity index (χ3n) is 5.27. The maximum atomic E-state index is 13.7. The summed E-state index contributed by atoms with van der Waals surface area (Å²) < 4.78 is 41.3. The third-order valence-corrected chi connectivity index (χ3v) is 7.41. The van der Waals surface area contributed by atoms with E-state index in [1.165, 1.54) is 18.2 Å². The van der Waals surface area contributed by atoms with Crippen LogP contribution in [-0.4, -0.2) is 21.0 Å². The van der Waals surface area contributed by atoms with Crippen LogP contribution < -0.4 is 10.5 Å². The van der Waals surface area contributed by atoms with Crippen LogP contribution in [0, 0.1) is 11.7 Å². The molecule has 0 amide bonds. The van der Waals surface area contributed by atoms with Crippen molar-refractivity contribution in [2.75, 3.05) is 6.54 Å². The first-order valence-corrected chi connectivity index (χ1v) is 12.9. The van der Waals surface area contributed by atoms with Gasteiger partial charge in [0.05, 0.1) is 5.02 Å². The van der Waals surface area contributed by atoms with Crippen LogP contribution in [0.15, 0.2) is 59.5 Å². The van der Waals surface area contributed by atoms with Crippen molar-refractivity contribution in [3.8, 4) is 0 Å². The van der Waals surface area contributed by atoms with E-state index in [9.17, 15) is 12.8 Å². The summed E-state index contributed by atoms with van der Waals surface area (Å²) in [6.07, 6.45) is 4.76. The summed E-state index contributed by atoms with van der Waals surface area (Å²) in [7, 11) is -3.72. The molecular formula is C24H31Cl2FN2O2S. The lowest BCUT2D eigenvalue weighted by Crippen LogP contribution is -2.28. The lowest BCUT2D eigenvalue weighted by molar-refractivity contribution is 0.482. The van der Waals surface area contributed by atoms with Gasteiger partial charge in [-0.15, -0.1) is 0 Å². The van der Waals surface area contributed by atoms with Crippen LogP contribution >= 0.6 is 23.2 Å². The lowest BCUT2D eigenvalue weighted by Gasteiger charge is -2.15. The Balaban J connectivity index is 1.67. The molecule has 0 bridgehead atoms. The highest BCUT2D eigenvalue weighted by Gasteiger charge is 2.19. The van der Waals surface area contributed by atoms with Crippen molar-refractivity contribution < 1.29 is 12.8 Å². The van der Waals surface area contributed by atoms with Gasteiger partial charge in [0.25, 0.3) is 0 Å². The second-order valence-corrected chi connectivity index (χ2v) is 10.9. The SMILES string of the molecule is C=C(CCCC[C@H](C)CNS(=O)(=O)c1cc(Cl)ccc1Cl)C[C@H](N)Cc1ccccc1F. The van der Waals surface area contributed by atoms with Gasteiger partial charge in [-0.3, -0.25) is 0 Å². The minimum atomic E-state index is -3.72. The largest absolute Gasteiger partial charge is 0.327 e. The lowest BCUT2D eigenvalue weighted by atomic mass is 9.96. The Kier molecular flexibility index (Phi) is 10.6. The van der Waals surface area contributed by atoms with E-state index in [-0.39, 0.29) is 27.7 Å². The molecule has 0 unspecified atom stereocenters. The second-order valence-electron chi connectivity index (χ2n) is 8.29. The molecule has 0 aliphatic carbocycles. The van der Waals surface area contributed by atoms with Gasteiger partial charge in [-0.05, 0) is 67.9 Å². The van der Waals surface area contributed by atoms with Crippen LogP contribution in [0.3, 0.4) is 0 Å². The molecule has 4 nitrogen and oxygen atoms in total. The summed E-state index contributed by atoms with van der Waals surface area (Å²) in [5.41, 5.74) is 7.85. The maximum absolute atomic E-state index is 13.7.